The van der Waals surface area contributed by atoms with Crippen LogP contribution in [0.15, 0.2) is 17.5 Å². The van der Waals surface area contributed by atoms with Crippen molar-refractivity contribution in [1.82, 2.24) is 9.80 Å². The normalized spacial score (nSPS) is 17.9. The van der Waals surface area contributed by atoms with Gasteiger partial charge in [0.2, 0.25) is 11.8 Å². The molecule has 138 valence electrons. The largest absolute Gasteiger partial charge is 0.466 e. The fourth-order valence-electron chi connectivity index (χ4n) is 2.78. The molecule has 0 N–H and O–H groups in total. The Hall–Kier alpha value is -1.93. The van der Waals surface area contributed by atoms with Gasteiger partial charge in [-0.25, -0.2) is 0 Å². The molecule has 0 aliphatic carbocycles. The molecule has 2 rings (SSSR count). The first-order chi connectivity index (χ1) is 12.1. The van der Waals surface area contributed by atoms with Crippen LogP contribution in [0.2, 0.25) is 0 Å². The molecule has 1 saturated heterocycles. The quantitative estimate of drug-likeness (QED) is 0.606. The molecule has 1 aliphatic rings. The third kappa shape index (κ3) is 5.27. The van der Waals surface area contributed by atoms with Gasteiger partial charge in [0.1, 0.15) is 6.04 Å². The van der Waals surface area contributed by atoms with Crippen molar-refractivity contribution in [3.05, 3.63) is 22.4 Å². The number of methoxy groups -OCH3 is 1. The van der Waals surface area contributed by atoms with Crippen molar-refractivity contribution in [2.75, 3.05) is 40.0 Å². The molecule has 0 aromatic carbocycles. The summed E-state index contributed by atoms with van der Waals surface area (Å²) in [7, 11) is 1.54. The van der Waals surface area contributed by atoms with Crippen molar-refractivity contribution < 1.29 is 23.9 Å². The highest BCUT2D eigenvalue weighted by Gasteiger charge is 2.40. The van der Waals surface area contributed by atoms with Crippen molar-refractivity contribution in [2.24, 2.45) is 0 Å². The number of rotatable bonds is 9. The van der Waals surface area contributed by atoms with Crippen LogP contribution in [-0.2, 0) is 30.3 Å². The van der Waals surface area contributed by atoms with E-state index in [2.05, 4.69) is 0 Å². The summed E-state index contributed by atoms with van der Waals surface area (Å²) in [6.07, 6.45) is 0.542. The lowest BCUT2D eigenvalue weighted by molar-refractivity contribution is -0.160. The molecule has 1 aromatic rings. The molecule has 0 saturated carbocycles. The van der Waals surface area contributed by atoms with Gasteiger partial charge in [-0.05, 0) is 24.8 Å². The Bertz CT molecular complexity index is 590. The predicted octanol–water partition coefficient (Wildman–Crippen LogP) is 0.930. The fraction of sp³-hybridized carbons (Fsp3) is 0.588. The zero-order chi connectivity index (χ0) is 18.2. The summed E-state index contributed by atoms with van der Waals surface area (Å²) in [6.45, 7) is 3.07. The first-order valence-electron chi connectivity index (χ1n) is 8.32. The Balaban J connectivity index is 2.10. The van der Waals surface area contributed by atoms with Crippen molar-refractivity contribution in [1.29, 1.82) is 0 Å². The highest BCUT2D eigenvalue weighted by Crippen LogP contribution is 2.18. The van der Waals surface area contributed by atoms with Crippen molar-refractivity contribution >= 4 is 29.1 Å². The number of hydrogen-bond donors (Lipinski definition) is 0. The van der Waals surface area contributed by atoms with E-state index in [0.717, 1.165) is 4.88 Å². The van der Waals surface area contributed by atoms with Crippen molar-refractivity contribution in [2.45, 2.75) is 25.8 Å². The number of carbonyl (C=O) groups is 3. The molecule has 2 amide bonds. The molecule has 0 bridgehead atoms. The number of amides is 2. The van der Waals surface area contributed by atoms with E-state index in [0.29, 0.717) is 26.1 Å². The van der Waals surface area contributed by atoms with E-state index >= 15 is 0 Å². The average molecular weight is 368 g/mol. The van der Waals surface area contributed by atoms with Crippen LogP contribution in [0.5, 0.6) is 0 Å². The van der Waals surface area contributed by atoms with Crippen LogP contribution >= 0.6 is 11.3 Å². The lowest BCUT2D eigenvalue weighted by Gasteiger charge is -2.39. The van der Waals surface area contributed by atoms with Crippen LogP contribution < -0.4 is 0 Å². The van der Waals surface area contributed by atoms with E-state index in [1.165, 1.54) is 9.80 Å². The Morgan fingerprint density at radius 3 is 2.80 bits per heavy atom. The monoisotopic (exact) mass is 368 g/mol. The lowest BCUT2D eigenvalue weighted by Crippen LogP contribution is -2.61. The molecule has 2 heterocycles. The third-order valence-electron chi connectivity index (χ3n) is 4.03. The number of carbonyl (C=O) groups excluding carboxylic acids is 3. The third-order valence-corrected chi connectivity index (χ3v) is 4.97. The Morgan fingerprint density at radius 2 is 2.16 bits per heavy atom. The number of piperazine rings is 1. The summed E-state index contributed by atoms with van der Waals surface area (Å²) < 4.78 is 9.97. The van der Waals surface area contributed by atoms with Gasteiger partial charge in [-0.3, -0.25) is 14.4 Å². The molecule has 1 aromatic heterocycles. The summed E-state index contributed by atoms with van der Waals surface area (Å²) in [6, 6.07) is 3.13. The Kier molecular flexibility index (Phi) is 7.39. The highest BCUT2D eigenvalue weighted by atomic mass is 32.1. The molecule has 1 aliphatic heterocycles. The van der Waals surface area contributed by atoms with E-state index in [9.17, 15) is 14.4 Å². The number of hydrogen-bond acceptors (Lipinski definition) is 6. The van der Waals surface area contributed by atoms with Gasteiger partial charge in [0.15, 0.2) is 0 Å². The summed E-state index contributed by atoms with van der Waals surface area (Å²) in [5, 5.41) is 1.97. The second-order valence-corrected chi connectivity index (χ2v) is 6.73. The highest BCUT2D eigenvalue weighted by molar-refractivity contribution is 7.09. The molecule has 0 radical (unpaired) electrons. The van der Waals surface area contributed by atoms with Gasteiger partial charge >= 0.3 is 5.97 Å². The SMILES string of the molecule is CCOC(=O)CC1C(=O)N(CCOC)CC(=O)N1CCc1cccs1. The number of ether oxygens (including phenoxy) is 2. The lowest BCUT2D eigenvalue weighted by atomic mass is 10.1. The van der Waals surface area contributed by atoms with Crippen LogP contribution in [0.1, 0.15) is 18.2 Å². The van der Waals surface area contributed by atoms with Crippen molar-refractivity contribution in [3.8, 4) is 0 Å². The van der Waals surface area contributed by atoms with Gasteiger partial charge in [-0.15, -0.1) is 11.3 Å². The second-order valence-electron chi connectivity index (χ2n) is 5.69. The molecular weight excluding hydrogens is 344 g/mol. The van der Waals surface area contributed by atoms with E-state index in [-0.39, 0.29) is 31.4 Å². The summed E-state index contributed by atoms with van der Waals surface area (Å²) in [5.41, 5.74) is 0. The topological polar surface area (TPSA) is 76.1 Å². The van der Waals surface area contributed by atoms with Crippen LogP contribution in [0.4, 0.5) is 0 Å². The molecule has 1 atom stereocenters. The number of esters is 1. The van der Waals surface area contributed by atoms with Gasteiger partial charge in [0.05, 0.1) is 26.2 Å². The number of thiophene rings is 1. The average Bonchev–Trinajstić information content (AvgIpc) is 3.09. The van der Waals surface area contributed by atoms with Crippen molar-refractivity contribution in [3.63, 3.8) is 0 Å². The van der Waals surface area contributed by atoms with Gasteiger partial charge < -0.3 is 19.3 Å². The van der Waals surface area contributed by atoms with E-state index in [4.69, 9.17) is 9.47 Å². The zero-order valence-corrected chi connectivity index (χ0v) is 15.4. The zero-order valence-electron chi connectivity index (χ0n) is 14.6. The first kappa shape index (κ1) is 19.4. The Labute approximate surface area is 151 Å². The minimum absolute atomic E-state index is 0.0198. The standard InChI is InChI=1S/C17H24N2O5S/c1-3-24-16(21)11-14-17(22)18(8-9-23-2)12-15(20)19(14)7-6-13-5-4-10-25-13/h4-5,10,14H,3,6-9,11-12H2,1-2H3. The van der Waals surface area contributed by atoms with E-state index < -0.39 is 12.0 Å². The van der Waals surface area contributed by atoms with Crippen LogP contribution in [0.3, 0.4) is 0 Å². The summed E-state index contributed by atoms with van der Waals surface area (Å²) >= 11 is 1.61. The molecule has 1 unspecified atom stereocenters. The fourth-order valence-corrected chi connectivity index (χ4v) is 3.48. The second kappa shape index (κ2) is 9.53. The predicted molar refractivity (Wildman–Crippen MR) is 93.2 cm³/mol. The van der Waals surface area contributed by atoms with Crippen LogP contribution in [0.25, 0.3) is 0 Å². The summed E-state index contributed by atoms with van der Waals surface area (Å²) in [5.74, 6) is -0.846. The van der Waals surface area contributed by atoms with E-state index in [1.807, 2.05) is 17.5 Å². The van der Waals surface area contributed by atoms with Gasteiger partial charge in [0, 0.05) is 25.1 Å². The molecule has 0 spiro atoms. The van der Waals surface area contributed by atoms with Gasteiger partial charge in [-0.1, -0.05) is 6.07 Å². The molecule has 25 heavy (non-hydrogen) atoms. The van der Waals surface area contributed by atoms with E-state index in [1.54, 1.807) is 25.4 Å². The minimum atomic E-state index is -0.808. The van der Waals surface area contributed by atoms with Crippen LogP contribution in [-0.4, -0.2) is 73.6 Å². The molecule has 1 fully saturated rings. The maximum atomic E-state index is 12.8. The molecular formula is C17H24N2O5S. The molecule has 8 heteroatoms. The Morgan fingerprint density at radius 1 is 1.36 bits per heavy atom. The van der Waals surface area contributed by atoms with Gasteiger partial charge in [0.25, 0.3) is 0 Å². The molecule has 7 nitrogen and oxygen atoms in total. The maximum absolute atomic E-state index is 12.8. The van der Waals surface area contributed by atoms with Crippen LogP contribution in [0, 0.1) is 0 Å². The maximum Gasteiger partial charge on any atom is 0.308 e. The minimum Gasteiger partial charge on any atom is -0.466 e. The number of nitrogens with zero attached hydrogens (tertiary/aromatic N) is 2. The summed E-state index contributed by atoms with van der Waals surface area (Å²) in [4.78, 5) is 41.3. The smallest absolute Gasteiger partial charge is 0.308 e. The van der Waals surface area contributed by atoms with Gasteiger partial charge in [-0.2, -0.15) is 0 Å². The first-order valence-corrected chi connectivity index (χ1v) is 9.20.